The average molecular weight is 512 g/mol. The second-order valence-electron chi connectivity index (χ2n) is 8.39. The van der Waals surface area contributed by atoms with Crippen molar-refractivity contribution in [2.75, 3.05) is 12.4 Å². The summed E-state index contributed by atoms with van der Waals surface area (Å²) in [6, 6.07) is 10.7. The Hall–Kier alpha value is -3.91. The minimum Gasteiger partial charge on any atom is -0.497 e. The largest absolute Gasteiger partial charge is 0.497 e. The van der Waals surface area contributed by atoms with E-state index in [2.05, 4.69) is 21.5 Å². The van der Waals surface area contributed by atoms with Gasteiger partial charge in [0.05, 0.1) is 18.4 Å². The van der Waals surface area contributed by atoms with E-state index >= 15 is 0 Å². The molecule has 1 aromatic carbocycles. The fourth-order valence-corrected chi connectivity index (χ4v) is 5.55. The molecule has 0 atom stereocenters. The molecule has 1 aliphatic carbocycles. The lowest BCUT2D eigenvalue weighted by molar-refractivity contribution is -0.142. The van der Waals surface area contributed by atoms with Crippen molar-refractivity contribution in [3.8, 4) is 23.1 Å². The molecule has 36 heavy (non-hydrogen) atoms. The molecule has 1 amide bonds. The number of nitrogens with one attached hydrogen (secondary N) is 1. The number of ether oxygens (including phenoxy) is 1. The zero-order valence-electron chi connectivity index (χ0n) is 19.1. The highest BCUT2D eigenvalue weighted by molar-refractivity contribution is 7.16. The van der Waals surface area contributed by atoms with E-state index in [1.165, 1.54) is 24.5 Å². The van der Waals surface area contributed by atoms with Gasteiger partial charge in [0.25, 0.3) is 5.91 Å². The van der Waals surface area contributed by atoms with Gasteiger partial charge in [-0.15, -0.1) is 11.3 Å². The van der Waals surface area contributed by atoms with Crippen LogP contribution in [0, 0.1) is 11.3 Å². The maximum Gasteiger partial charge on any atom is 0.433 e. The Morgan fingerprint density at radius 1 is 1.17 bits per heavy atom. The van der Waals surface area contributed by atoms with Gasteiger partial charge in [0.1, 0.15) is 16.8 Å². The molecule has 0 saturated carbocycles. The number of benzene rings is 1. The summed E-state index contributed by atoms with van der Waals surface area (Å²) in [4.78, 5) is 18.4. The predicted molar refractivity (Wildman–Crippen MR) is 128 cm³/mol. The van der Waals surface area contributed by atoms with Gasteiger partial charge in [-0.05, 0) is 61.6 Å². The summed E-state index contributed by atoms with van der Waals surface area (Å²) < 4.78 is 47.5. The number of fused-ring (bicyclic) bond motifs is 2. The molecule has 1 N–H and O–H groups in total. The van der Waals surface area contributed by atoms with E-state index in [9.17, 15) is 23.2 Å². The first-order valence-electron chi connectivity index (χ1n) is 11.3. The van der Waals surface area contributed by atoms with Crippen LogP contribution >= 0.6 is 11.3 Å². The predicted octanol–water partition coefficient (Wildman–Crippen LogP) is 5.88. The molecule has 7 nitrogen and oxygen atoms in total. The number of aromatic nitrogens is 3. The lowest BCUT2D eigenvalue weighted by Crippen LogP contribution is -2.15. The second-order valence-corrected chi connectivity index (χ2v) is 9.49. The van der Waals surface area contributed by atoms with E-state index in [4.69, 9.17) is 4.74 Å². The first-order chi connectivity index (χ1) is 17.3. The van der Waals surface area contributed by atoms with Crippen LogP contribution in [0.4, 0.5) is 18.2 Å². The van der Waals surface area contributed by atoms with Crippen LogP contribution in [0.5, 0.6) is 5.75 Å². The van der Waals surface area contributed by atoms with E-state index in [0.717, 1.165) is 48.6 Å². The number of nitrogens with zero attached hydrogens (tertiary/aromatic N) is 4. The third-order valence-corrected chi connectivity index (χ3v) is 7.30. The third-order valence-electron chi connectivity index (χ3n) is 6.10. The van der Waals surface area contributed by atoms with E-state index in [1.807, 2.05) is 0 Å². The lowest BCUT2D eigenvalue weighted by Gasteiger charge is -2.11. The number of aryl methyl sites for hydroxylation is 1. The fourth-order valence-electron chi connectivity index (χ4n) is 4.31. The highest BCUT2D eigenvalue weighted by Gasteiger charge is 2.36. The number of rotatable bonds is 4. The summed E-state index contributed by atoms with van der Waals surface area (Å²) in [5.41, 5.74) is 0.502. The van der Waals surface area contributed by atoms with Gasteiger partial charge in [0.2, 0.25) is 0 Å². The van der Waals surface area contributed by atoms with Crippen LogP contribution in [-0.4, -0.2) is 27.6 Å². The molecular formula is C25H20F3N5O2S. The maximum atomic E-state index is 13.9. The smallest absolute Gasteiger partial charge is 0.433 e. The van der Waals surface area contributed by atoms with Crippen molar-refractivity contribution in [1.29, 1.82) is 5.26 Å². The van der Waals surface area contributed by atoms with Crippen LogP contribution in [0.2, 0.25) is 0 Å². The van der Waals surface area contributed by atoms with Gasteiger partial charge in [-0.1, -0.05) is 6.42 Å². The van der Waals surface area contributed by atoms with Crippen molar-refractivity contribution < 1.29 is 22.7 Å². The standard InChI is InChI=1S/C25H20F3N5O2S/c1-35-15-9-7-14(8-10-15)18-11-21(25(26,27)28)33-22(30-18)12-19(32-33)23(34)31-24-17(13-29)16-5-3-2-4-6-20(16)36-24/h7-12H,2-6H2,1H3,(H,31,34). The van der Waals surface area contributed by atoms with Crippen molar-refractivity contribution in [2.45, 2.75) is 38.3 Å². The average Bonchev–Trinajstić information content (AvgIpc) is 3.35. The van der Waals surface area contributed by atoms with Crippen LogP contribution in [0.25, 0.3) is 16.9 Å². The fraction of sp³-hybridized carbons (Fsp3) is 0.280. The summed E-state index contributed by atoms with van der Waals surface area (Å²) in [6.07, 6.45) is -0.0527. The van der Waals surface area contributed by atoms with Crippen molar-refractivity contribution in [3.05, 3.63) is 63.8 Å². The molecule has 0 fully saturated rings. The molecule has 3 aromatic heterocycles. The Morgan fingerprint density at radius 2 is 1.92 bits per heavy atom. The van der Waals surface area contributed by atoms with Crippen LogP contribution in [0.1, 0.15) is 51.4 Å². The van der Waals surface area contributed by atoms with E-state index in [1.54, 1.807) is 24.3 Å². The maximum absolute atomic E-state index is 13.9. The quantitative estimate of drug-likeness (QED) is 0.346. The Morgan fingerprint density at radius 3 is 2.61 bits per heavy atom. The second kappa shape index (κ2) is 9.28. The van der Waals surface area contributed by atoms with Gasteiger partial charge in [0, 0.05) is 16.5 Å². The van der Waals surface area contributed by atoms with E-state index < -0.39 is 17.8 Å². The monoisotopic (exact) mass is 511 g/mol. The molecule has 0 aliphatic heterocycles. The molecule has 3 heterocycles. The highest BCUT2D eigenvalue weighted by atomic mass is 32.1. The molecule has 0 unspecified atom stereocenters. The summed E-state index contributed by atoms with van der Waals surface area (Å²) >= 11 is 1.34. The molecule has 4 aromatic rings. The van der Waals surface area contributed by atoms with E-state index in [-0.39, 0.29) is 17.0 Å². The number of alkyl halides is 3. The van der Waals surface area contributed by atoms with Crippen molar-refractivity contribution in [3.63, 3.8) is 0 Å². The SMILES string of the molecule is COc1ccc(-c2cc(C(F)(F)F)n3nc(C(=O)Nc4sc5c(c4C#N)CCCCC5)cc3n2)cc1. The van der Waals surface area contributed by atoms with Crippen LogP contribution in [0.3, 0.4) is 0 Å². The van der Waals surface area contributed by atoms with Crippen molar-refractivity contribution in [1.82, 2.24) is 14.6 Å². The molecule has 0 spiro atoms. The molecule has 5 rings (SSSR count). The summed E-state index contributed by atoms with van der Waals surface area (Å²) in [6.45, 7) is 0. The molecule has 0 bridgehead atoms. The Balaban J connectivity index is 1.53. The Kier molecular flexibility index (Phi) is 6.14. The number of halogens is 3. The van der Waals surface area contributed by atoms with Gasteiger partial charge in [-0.3, -0.25) is 4.79 Å². The number of carbonyl (C=O) groups is 1. The number of methoxy groups -OCH3 is 1. The van der Waals surface area contributed by atoms with Crippen LogP contribution in [0.15, 0.2) is 36.4 Å². The normalized spacial score (nSPS) is 13.6. The number of hydrogen-bond acceptors (Lipinski definition) is 6. The first kappa shape index (κ1) is 23.8. The van der Waals surface area contributed by atoms with Crippen LogP contribution < -0.4 is 10.1 Å². The number of anilines is 1. The van der Waals surface area contributed by atoms with Gasteiger partial charge >= 0.3 is 6.18 Å². The van der Waals surface area contributed by atoms with Crippen molar-refractivity contribution >= 4 is 27.9 Å². The molecule has 0 radical (unpaired) electrons. The number of carbonyl (C=O) groups excluding carboxylic acids is 1. The number of nitriles is 1. The zero-order valence-corrected chi connectivity index (χ0v) is 20.0. The van der Waals surface area contributed by atoms with Crippen LogP contribution in [-0.2, 0) is 19.0 Å². The lowest BCUT2D eigenvalue weighted by atomic mass is 10.1. The Labute approximate surface area is 208 Å². The minimum atomic E-state index is -4.73. The topological polar surface area (TPSA) is 92.3 Å². The number of hydrogen-bond donors (Lipinski definition) is 1. The number of thiophene rings is 1. The molecule has 184 valence electrons. The van der Waals surface area contributed by atoms with Gasteiger partial charge in [-0.2, -0.15) is 23.5 Å². The molecule has 0 saturated heterocycles. The molecule has 1 aliphatic rings. The summed E-state index contributed by atoms with van der Waals surface area (Å²) in [5, 5.41) is 16.7. The van der Waals surface area contributed by atoms with Crippen molar-refractivity contribution in [2.24, 2.45) is 0 Å². The Bertz CT molecular complexity index is 1500. The molecular weight excluding hydrogens is 491 g/mol. The summed E-state index contributed by atoms with van der Waals surface area (Å²) in [5.74, 6) is -0.144. The van der Waals surface area contributed by atoms with Gasteiger partial charge in [0.15, 0.2) is 17.0 Å². The minimum absolute atomic E-state index is 0.0816. The highest BCUT2D eigenvalue weighted by Crippen LogP contribution is 2.37. The van der Waals surface area contributed by atoms with Gasteiger partial charge in [-0.25, -0.2) is 9.50 Å². The van der Waals surface area contributed by atoms with Gasteiger partial charge < -0.3 is 10.1 Å². The van der Waals surface area contributed by atoms with E-state index in [0.29, 0.717) is 26.4 Å². The zero-order chi connectivity index (χ0) is 25.4. The number of amides is 1. The third kappa shape index (κ3) is 4.40. The summed E-state index contributed by atoms with van der Waals surface area (Å²) in [7, 11) is 1.49. The first-order valence-corrected chi connectivity index (χ1v) is 12.1. The molecule has 11 heteroatoms.